The third kappa shape index (κ3) is 3.95. The van der Waals surface area contributed by atoms with E-state index in [4.69, 9.17) is 4.74 Å². The number of methoxy groups -OCH3 is 1. The first-order chi connectivity index (χ1) is 9.22. The fraction of sp³-hybridized carbons (Fsp3) is 0.625. The van der Waals surface area contributed by atoms with Crippen LogP contribution in [0.15, 0.2) is 24.3 Å². The number of hydrogen-bond donors (Lipinski definition) is 1. The van der Waals surface area contributed by atoms with E-state index in [1.165, 1.54) is 24.9 Å². The minimum Gasteiger partial charge on any atom is -0.497 e. The summed E-state index contributed by atoms with van der Waals surface area (Å²) in [6.07, 6.45) is 2.51. The highest BCUT2D eigenvalue weighted by atomic mass is 16.5. The van der Waals surface area contributed by atoms with Crippen molar-refractivity contribution in [3.63, 3.8) is 0 Å². The normalized spacial score (nSPS) is 24.4. The molecule has 1 aromatic rings. The zero-order valence-corrected chi connectivity index (χ0v) is 12.4. The van der Waals surface area contributed by atoms with Gasteiger partial charge in [0.25, 0.3) is 0 Å². The molecule has 2 rings (SSSR count). The van der Waals surface area contributed by atoms with E-state index >= 15 is 0 Å². The first kappa shape index (κ1) is 14.4. The number of ether oxygens (including phenoxy) is 1. The molecule has 1 aliphatic heterocycles. The van der Waals surface area contributed by atoms with Gasteiger partial charge >= 0.3 is 0 Å². The van der Waals surface area contributed by atoms with E-state index in [0.29, 0.717) is 12.1 Å². The summed E-state index contributed by atoms with van der Waals surface area (Å²) < 4.78 is 5.20. The van der Waals surface area contributed by atoms with Gasteiger partial charge in [0.05, 0.1) is 7.11 Å². The molecule has 0 bridgehead atoms. The molecule has 1 fully saturated rings. The highest BCUT2D eigenvalue weighted by Crippen LogP contribution is 2.21. The topological polar surface area (TPSA) is 24.5 Å². The average molecular weight is 262 g/mol. The van der Waals surface area contributed by atoms with E-state index < -0.39 is 0 Å². The van der Waals surface area contributed by atoms with E-state index in [2.05, 4.69) is 36.2 Å². The van der Waals surface area contributed by atoms with Gasteiger partial charge in [-0.15, -0.1) is 0 Å². The lowest BCUT2D eigenvalue weighted by atomic mass is 9.97. The Balaban J connectivity index is 1.88. The SMILES string of the molecule is CCNC1CCN(Cc2ccc(OC)cc2)C(C)C1. The quantitative estimate of drug-likeness (QED) is 0.883. The third-order valence-corrected chi connectivity index (χ3v) is 4.05. The van der Waals surface area contributed by atoms with Crippen molar-refractivity contribution in [3.05, 3.63) is 29.8 Å². The van der Waals surface area contributed by atoms with Gasteiger partial charge < -0.3 is 10.1 Å². The van der Waals surface area contributed by atoms with Crippen molar-refractivity contribution in [2.75, 3.05) is 20.2 Å². The number of rotatable bonds is 5. The van der Waals surface area contributed by atoms with Crippen molar-refractivity contribution < 1.29 is 4.74 Å². The van der Waals surface area contributed by atoms with Gasteiger partial charge in [-0.05, 0) is 44.0 Å². The molecule has 0 amide bonds. The Hall–Kier alpha value is -1.06. The van der Waals surface area contributed by atoms with Crippen LogP contribution in [0.4, 0.5) is 0 Å². The lowest BCUT2D eigenvalue weighted by Gasteiger charge is -2.38. The van der Waals surface area contributed by atoms with Gasteiger partial charge in [-0.3, -0.25) is 4.90 Å². The van der Waals surface area contributed by atoms with Gasteiger partial charge in [0, 0.05) is 25.2 Å². The van der Waals surface area contributed by atoms with Crippen LogP contribution in [0.5, 0.6) is 5.75 Å². The molecule has 2 unspecified atom stereocenters. The van der Waals surface area contributed by atoms with Crippen LogP contribution in [0, 0.1) is 0 Å². The molecule has 0 saturated carbocycles. The van der Waals surface area contributed by atoms with Crippen molar-refractivity contribution in [2.24, 2.45) is 0 Å². The summed E-state index contributed by atoms with van der Waals surface area (Å²) in [5, 5.41) is 3.57. The van der Waals surface area contributed by atoms with Gasteiger partial charge in [0.2, 0.25) is 0 Å². The third-order valence-electron chi connectivity index (χ3n) is 4.05. The van der Waals surface area contributed by atoms with E-state index in [-0.39, 0.29) is 0 Å². The summed E-state index contributed by atoms with van der Waals surface area (Å²) in [5.74, 6) is 0.933. The molecule has 3 nitrogen and oxygen atoms in total. The molecule has 1 N–H and O–H groups in total. The number of nitrogens with zero attached hydrogens (tertiary/aromatic N) is 1. The first-order valence-corrected chi connectivity index (χ1v) is 7.33. The molecule has 1 heterocycles. The molecule has 1 aromatic carbocycles. The monoisotopic (exact) mass is 262 g/mol. The van der Waals surface area contributed by atoms with Crippen LogP contribution < -0.4 is 10.1 Å². The van der Waals surface area contributed by atoms with Crippen LogP contribution in [0.3, 0.4) is 0 Å². The Labute approximate surface area is 116 Å². The second kappa shape index (κ2) is 6.92. The number of piperidine rings is 1. The minimum absolute atomic E-state index is 0.653. The summed E-state index contributed by atoms with van der Waals surface area (Å²) in [7, 11) is 1.71. The van der Waals surface area contributed by atoms with Crippen LogP contribution in [0.1, 0.15) is 32.3 Å². The minimum atomic E-state index is 0.653. The Morgan fingerprint density at radius 1 is 1.32 bits per heavy atom. The highest BCUT2D eigenvalue weighted by Gasteiger charge is 2.24. The van der Waals surface area contributed by atoms with Gasteiger partial charge in [-0.25, -0.2) is 0 Å². The van der Waals surface area contributed by atoms with E-state index in [0.717, 1.165) is 18.8 Å². The van der Waals surface area contributed by atoms with Gasteiger partial charge in [-0.2, -0.15) is 0 Å². The first-order valence-electron chi connectivity index (χ1n) is 7.33. The zero-order valence-electron chi connectivity index (χ0n) is 12.4. The molecule has 0 radical (unpaired) electrons. The second-order valence-electron chi connectivity index (χ2n) is 5.45. The number of hydrogen-bond acceptors (Lipinski definition) is 3. The Morgan fingerprint density at radius 2 is 2.05 bits per heavy atom. The molecule has 0 aliphatic carbocycles. The maximum atomic E-state index is 5.20. The van der Waals surface area contributed by atoms with Crippen LogP contribution >= 0.6 is 0 Å². The molecule has 1 saturated heterocycles. The number of nitrogens with one attached hydrogen (secondary N) is 1. The van der Waals surface area contributed by atoms with Crippen LogP contribution in [0.2, 0.25) is 0 Å². The van der Waals surface area contributed by atoms with Crippen LogP contribution in [0.25, 0.3) is 0 Å². The summed E-state index contributed by atoms with van der Waals surface area (Å²) in [6, 6.07) is 9.78. The maximum Gasteiger partial charge on any atom is 0.118 e. The largest absolute Gasteiger partial charge is 0.497 e. The summed E-state index contributed by atoms with van der Waals surface area (Å²) in [4.78, 5) is 2.58. The molecule has 2 atom stereocenters. The second-order valence-corrected chi connectivity index (χ2v) is 5.45. The predicted octanol–water partition coefficient (Wildman–Crippen LogP) is 2.66. The molecule has 106 valence electrons. The van der Waals surface area contributed by atoms with Gasteiger partial charge in [-0.1, -0.05) is 19.1 Å². The predicted molar refractivity (Wildman–Crippen MR) is 79.6 cm³/mol. The molecular formula is C16H26N2O. The van der Waals surface area contributed by atoms with Gasteiger partial charge in [0.15, 0.2) is 0 Å². The Bertz CT molecular complexity index is 377. The highest BCUT2D eigenvalue weighted by molar-refractivity contribution is 5.27. The standard InChI is InChI=1S/C16H26N2O/c1-4-17-15-9-10-18(13(2)11-15)12-14-5-7-16(19-3)8-6-14/h5-8,13,15,17H,4,9-12H2,1-3H3. The summed E-state index contributed by atoms with van der Waals surface area (Å²) in [5.41, 5.74) is 1.37. The molecular weight excluding hydrogens is 236 g/mol. The van der Waals surface area contributed by atoms with Crippen LogP contribution in [-0.2, 0) is 6.54 Å². The lowest BCUT2D eigenvalue weighted by Crippen LogP contribution is -2.46. The molecule has 0 spiro atoms. The van der Waals surface area contributed by atoms with E-state index in [1.54, 1.807) is 7.11 Å². The summed E-state index contributed by atoms with van der Waals surface area (Å²) >= 11 is 0. The molecule has 1 aliphatic rings. The van der Waals surface area contributed by atoms with Crippen LogP contribution in [-0.4, -0.2) is 37.2 Å². The molecule has 0 aromatic heterocycles. The van der Waals surface area contributed by atoms with Crippen molar-refractivity contribution in [3.8, 4) is 5.75 Å². The Kier molecular flexibility index (Phi) is 5.23. The molecule has 19 heavy (non-hydrogen) atoms. The Morgan fingerprint density at radius 3 is 2.63 bits per heavy atom. The summed E-state index contributed by atoms with van der Waals surface area (Å²) in [6.45, 7) is 7.84. The van der Waals surface area contributed by atoms with Crippen molar-refractivity contribution in [1.29, 1.82) is 0 Å². The van der Waals surface area contributed by atoms with Crippen molar-refractivity contribution >= 4 is 0 Å². The van der Waals surface area contributed by atoms with Crippen molar-refractivity contribution in [2.45, 2.75) is 45.3 Å². The average Bonchev–Trinajstić information content (AvgIpc) is 2.43. The lowest BCUT2D eigenvalue weighted by molar-refractivity contribution is 0.129. The fourth-order valence-corrected chi connectivity index (χ4v) is 2.90. The fourth-order valence-electron chi connectivity index (χ4n) is 2.90. The van der Waals surface area contributed by atoms with Crippen molar-refractivity contribution in [1.82, 2.24) is 10.2 Å². The molecule has 3 heteroatoms. The smallest absolute Gasteiger partial charge is 0.118 e. The van der Waals surface area contributed by atoms with E-state index in [1.807, 2.05) is 12.1 Å². The maximum absolute atomic E-state index is 5.20. The van der Waals surface area contributed by atoms with E-state index in [9.17, 15) is 0 Å². The number of benzene rings is 1. The zero-order chi connectivity index (χ0) is 13.7. The van der Waals surface area contributed by atoms with Gasteiger partial charge in [0.1, 0.15) is 5.75 Å². The number of likely N-dealkylation sites (tertiary alicyclic amines) is 1.